The normalized spacial score (nSPS) is 19.1. The summed E-state index contributed by atoms with van der Waals surface area (Å²) < 4.78 is 0. The molecule has 0 saturated heterocycles. The van der Waals surface area contributed by atoms with Crippen molar-refractivity contribution in [2.24, 2.45) is 22.5 Å². The van der Waals surface area contributed by atoms with Crippen molar-refractivity contribution in [2.45, 2.75) is 34.2 Å². The van der Waals surface area contributed by atoms with Gasteiger partial charge in [0.2, 0.25) is 5.91 Å². The van der Waals surface area contributed by atoms with Gasteiger partial charge in [-0.25, -0.2) is 0 Å². The fourth-order valence-electron chi connectivity index (χ4n) is 2.81. The van der Waals surface area contributed by atoms with Crippen LogP contribution in [0.5, 0.6) is 0 Å². The molecule has 1 saturated carbocycles. The molecule has 0 spiro atoms. The molecule has 0 bridgehead atoms. The number of rotatable bonds is 3. The van der Waals surface area contributed by atoms with Crippen LogP contribution in [0.4, 0.5) is 0 Å². The smallest absolute Gasteiger partial charge is 0.224 e. The van der Waals surface area contributed by atoms with E-state index in [9.17, 15) is 4.79 Å². The fourth-order valence-corrected chi connectivity index (χ4v) is 3.63. The zero-order chi connectivity index (χ0) is 15.0. The van der Waals surface area contributed by atoms with E-state index in [1.165, 1.54) is 0 Å². The molecule has 1 heterocycles. The standard InChI is InChI=1S/C16H22N2OS/c1-15(2)13(16(15,3)4)14(19)18-10-12-8-7-11(20-12)6-5-9-17/h7-8,13H,9-10,17H2,1-4H3,(H,18,19). The molecule has 0 aromatic carbocycles. The molecule has 20 heavy (non-hydrogen) atoms. The van der Waals surface area contributed by atoms with Crippen LogP contribution in [0.15, 0.2) is 12.1 Å². The van der Waals surface area contributed by atoms with Crippen LogP contribution in [0, 0.1) is 28.6 Å². The van der Waals surface area contributed by atoms with E-state index in [1.807, 2.05) is 12.1 Å². The average Bonchev–Trinajstić information content (AvgIpc) is 2.71. The molecule has 0 unspecified atom stereocenters. The Balaban J connectivity index is 1.90. The van der Waals surface area contributed by atoms with Gasteiger partial charge in [-0.2, -0.15) is 0 Å². The first-order valence-corrected chi connectivity index (χ1v) is 7.67. The number of nitrogens with two attached hydrogens (primary N) is 1. The van der Waals surface area contributed by atoms with Gasteiger partial charge in [-0.05, 0) is 23.0 Å². The topological polar surface area (TPSA) is 55.1 Å². The second kappa shape index (κ2) is 5.23. The molecule has 0 aliphatic heterocycles. The van der Waals surface area contributed by atoms with Crippen molar-refractivity contribution in [3.8, 4) is 11.8 Å². The van der Waals surface area contributed by atoms with E-state index in [1.54, 1.807) is 11.3 Å². The van der Waals surface area contributed by atoms with Gasteiger partial charge >= 0.3 is 0 Å². The number of amides is 1. The molecule has 0 atom stereocenters. The Morgan fingerprint density at radius 2 is 2.00 bits per heavy atom. The number of thiophene rings is 1. The van der Waals surface area contributed by atoms with Crippen molar-refractivity contribution < 1.29 is 4.79 Å². The van der Waals surface area contributed by atoms with Crippen molar-refractivity contribution in [1.29, 1.82) is 0 Å². The molecular formula is C16H22N2OS. The Morgan fingerprint density at radius 1 is 1.35 bits per heavy atom. The van der Waals surface area contributed by atoms with Crippen molar-refractivity contribution in [3.63, 3.8) is 0 Å². The van der Waals surface area contributed by atoms with Crippen LogP contribution in [0.3, 0.4) is 0 Å². The number of carbonyl (C=O) groups excluding carboxylic acids is 1. The summed E-state index contributed by atoms with van der Waals surface area (Å²) in [4.78, 5) is 14.4. The van der Waals surface area contributed by atoms with E-state index < -0.39 is 0 Å². The number of carbonyl (C=O) groups is 1. The maximum absolute atomic E-state index is 12.2. The number of nitrogens with one attached hydrogen (secondary N) is 1. The third-order valence-corrected chi connectivity index (χ3v) is 5.70. The van der Waals surface area contributed by atoms with E-state index >= 15 is 0 Å². The van der Waals surface area contributed by atoms with E-state index in [2.05, 4.69) is 44.9 Å². The lowest BCUT2D eigenvalue weighted by atomic mass is 10.0. The highest BCUT2D eigenvalue weighted by Crippen LogP contribution is 2.68. The molecular weight excluding hydrogens is 268 g/mol. The van der Waals surface area contributed by atoms with Crippen molar-refractivity contribution in [1.82, 2.24) is 5.32 Å². The van der Waals surface area contributed by atoms with Crippen LogP contribution in [0.2, 0.25) is 0 Å². The molecule has 3 N–H and O–H groups in total. The summed E-state index contributed by atoms with van der Waals surface area (Å²) in [5, 5.41) is 3.04. The molecule has 1 aliphatic carbocycles. The largest absolute Gasteiger partial charge is 0.351 e. The van der Waals surface area contributed by atoms with Gasteiger partial charge in [0.15, 0.2) is 0 Å². The molecule has 2 rings (SSSR count). The lowest BCUT2D eigenvalue weighted by Crippen LogP contribution is -2.26. The molecule has 4 heteroatoms. The first-order chi connectivity index (χ1) is 9.30. The quantitative estimate of drug-likeness (QED) is 0.840. The highest BCUT2D eigenvalue weighted by Gasteiger charge is 2.68. The van der Waals surface area contributed by atoms with Crippen LogP contribution in [-0.2, 0) is 11.3 Å². The van der Waals surface area contributed by atoms with Gasteiger partial charge in [0.1, 0.15) is 0 Å². The number of hydrogen-bond acceptors (Lipinski definition) is 3. The molecule has 1 fully saturated rings. The highest BCUT2D eigenvalue weighted by atomic mass is 32.1. The Kier molecular flexibility index (Phi) is 3.95. The SMILES string of the molecule is CC1(C)C(C(=O)NCc2ccc(C#CCN)s2)C1(C)C. The maximum atomic E-state index is 12.2. The van der Waals surface area contributed by atoms with Crippen molar-refractivity contribution in [3.05, 3.63) is 21.9 Å². The maximum Gasteiger partial charge on any atom is 0.224 e. The van der Waals surface area contributed by atoms with Crippen LogP contribution in [0.25, 0.3) is 0 Å². The summed E-state index contributed by atoms with van der Waals surface area (Å²) in [5.41, 5.74) is 5.52. The van der Waals surface area contributed by atoms with Crippen LogP contribution >= 0.6 is 11.3 Å². The predicted molar refractivity (Wildman–Crippen MR) is 83.2 cm³/mol. The second-order valence-corrected chi connectivity index (χ2v) is 7.53. The molecule has 108 valence electrons. The van der Waals surface area contributed by atoms with Gasteiger partial charge in [-0.15, -0.1) is 11.3 Å². The van der Waals surface area contributed by atoms with Gasteiger partial charge in [0, 0.05) is 10.8 Å². The molecule has 0 radical (unpaired) electrons. The van der Waals surface area contributed by atoms with E-state index in [-0.39, 0.29) is 22.7 Å². The zero-order valence-electron chi connectivity index (χ0n) is 12.5. The van der Waals surface area contributed by atoms with Crippen molar-refractivity contribution >= 4 is 17.2 Å². The summed E-state index contributed by atoms with van der Waals surface area (Å²) in [5.74, 6) is 6.10. The summed E-state index contributed by atoms with van der Waals surface area (Å²) in [7, 11) is 0. The van der Waals surface area contributed by atoms with Crippen LogP contribution in [0.1, 0.15) is 37.4 Å². The molecule has 1 amide bonds. The molecule has 3 nitrogen and oxygen atoms in total. The minimum absolute atomic E-state index is 0.0876. The monoisotopic (exact) mass is 290 g/mol. The fraction of sp³-hybridized carbons (Fsp3) is 0.562. The Hall–Kier alpha value is -1.31. The zero-order valence-corrected chi connectivity index (χ0v) is 13.4. The highest BCUT2D eigenvalue weighted by molar-refractivity contribution is 7.12. The lowest BCUT2D eigenvalue weighted by Gasteiger charge is -2.04. The van der Waals surface area contributed by atoms with E-state index in [4.69, 9.17) is 5.73 Å². The Labute approximate surface area is 124 Å². The predicted octanol–water partition coefficient (Wildman–Crippen LogP) is 2.36. The first-order valence-electron chi connectivity index (χ1n) is 6.86. The van der Waals surface area contributed by atoms with Gasteiger partial charge < -0.3 is 11.1 Å². The summed E-state index contributed by atoms with van der Waals surface area (Å²) >= 11 is 1.60. The molecule has 1 aromatic rings. The van der Waals surface area contributed by atoms with Gasteiger partial charge in [-0.1, -0.05) is 39.5 Å². The van der Waals surface area contributed by atoms with Crippen molar-refractivity contribution in [2.75, 3.05) is 6.54 Å². The second-order valence-electron chi connectivity index (χ2n) is 6.37. The summed E-state index contributed by atoms with van der Waals surface area (Å²) in [6.45, 7) is 9.57. The van der Waals surface area contributed by atoms with Crippen LogP contribution < -0.4 is 11.1 Å². The summed E-state index contributed by atoms with van der Waals surface area (Å²) in [6.07, 6.45) is 0. The third kappa shape index (κ3) is 2.61. The Bertz CT molecular complexity index is 561. The van der Waals surface area contributed by atoms with Gasteiger partial charge in [0.05, 0.1) is 18.0 Å². The lowest BCUT2D eigenvalue weighted by molar-refractivity contribution is -0.123. The van der Waals surface area contributed by atoms with E-state index in [0.717, 1.165) is 9.75 Å². The average molecular weight is 290 g/mol. The number of hydrogen-bond donors (Lipinski definition) is 2. The van der Waals surface area contributed by atoms with E-state index in [0.29, 0.717) is 13.1 Å². The summed E-state index contributed by atoms with van der Waals surface area (Å²) in [6, 6.07) is 3.98. The first kappa shape index (κ1) is 15.1. The van der Waals surface area contributed by atoms with Crippen LogP contribution in [-0.4, -0.2) is 12.5 Å². The molecule has 1 aromatic heterocycles. The minimum Gasteiger partial charge on any atom is -0.351 e. The molecule has 1 aliphatic rings. The third-order valence-electron chi connectivity index (χ3n) is 4.70. The Morgan fingerprint density at radius 3 is 2.55 bits per heavy atom. The van der Waals surface area contributed by atoms with Gasteiger partial charge in [0.25, 0.3) is 0 Å². The van der Waals surface area contributed by atoms with Gasteiger partial charge in [-0.3, -0.25) is 4.79 Å². The minimum atomic E-state index is 0.0876.